The zero-order valence-electron chi connectivity index (χ0n) is 19.0. The van der Waals surface area contributed by atoms with Crippen LogP contribution in [0.15, 0.2) is 65.3 Å². The van der Waals surface area contributed by atoms with Gasteiger partial charge in [0.05, 0.1) is 12.0 Å². The first-order valence-corrected chi connectivity index (χ1v) is 11.7. The van der Waals surface area contributed by atoms with Crippen LogP contribution in [0.1, 0.15) is 46.9 Å². The van der Waals surface area contributed by atoms with Gasteiger partial charge in [-0.1, -0.05) is 48.5 Å². The molecule has 0 aliphatic heterocycles. The van der Waals surface area contributed by atoms with Crippen molar-refractivity contribution in [1.29, 1.82) is 0 Å². The number of carboxylic acid groups (broad SMARTS) is 1. The van der Waals surface area contributed by atoms with E-state index >= 15 is 0 Å². The topological polar surface area (TPSA) is 118 Å². The number of carboxylic acids is 1. The quantitative estimate of drug-likeness (QED) is 0.429. The van der Waals surface area contributed by atoms with Gasteiger partial charge in [0, 0.05) is 24.9 Å². The number of ether oxygens (including phenoxy) is 1. The van der Waals surface area contributed by atoms with Crippen LogP contribution in [-0.2, 0) is 9.53 Å². The van der Waals surface area contributed by atoms with Gasteiger partial charge in [-0.15, -0.1) is 0 Å². The third-order valence-corrected chi connectivity index (χ3v) is 6.80. The van der Waals surface area contributed by atoms with Crippen LogP contribution in [0.4, 0.5) is 10.5 Å². The lowest BCUT2D eigenvalue weighted by Gasteiger charge is -2.34. The van der Waals surface area contributed by atoms with E-state index in [-0.39, 0.29) is 42.2 Å². The third kappa shape index (κ3) is 4.77. The van der Waals surface area contributed by atoms with Crippen molar-refractivity contribution < 1.29 is 28.6 Å². The molecule has 8 nitrogen and oxygen atoms in total. The van der Waals surface area contributed by atoms with Crippen LogP contribution in [-0.4, -0.2) is 36.2 Å². The summed E-state index contributed by atoms with van der Waals surface area (Å²) >= 11 is 0. The minimum atomic E-state index is -0.794. The Hall–Kier alpha value is -4.07. The predicted octanol–water partition coefficient (Wildman–Crippen LogP) is 4.87. The Kier molecular flexibility index (Phi) is 6.27. The van der Waals surface area contributed by atoms with Crippen molar-refractivity contribution >= 4 is 23.7 Å². The number of carbonyl (C=O) groups is 3. The van der Waals surface area contributed by atoms with Gasteiger partial charge >= 0.3 is 12.1 Å². The molecule has 1 fully saturated rings. The second-order valence-electron chi connectivity index (χ2n) is 9.13. The Morgan fingerprint density at radius 3 is 2.26 bits per heavy atom. The molecule has 1 heterocycles. The summed E-state index contributed by atoms with van der Waals surface area (Å²) in [6, 6.07) is 17.7. The summed E-state index contributed by atoms with van der Waals surface area (Å²) in [5, 5.41) is 14.2. The SMILES string of the molecule is O=C(O)CC1CC(CNC(=O)c2occc2NC(=O)OCC2c3ccccc3-c3ccccc32)C1. The summed E-state index contributed by atoms with van der Waals surface area (Å²) in [6.45, 7) is 0.596. The van der Waals surface area contributed by atoms with Gasteiger partial charge in [-0.05, 0) is 46.9 Å². The average molecular weight is 475 g/mol. The first-order chi connectivity index (χ1) is 17.0. The minimum absolute atomic E-state index is 0.0000768. The van der Waals surface area contributed by atoms with Crippen LogP contribution in [0.25, 0.3) is 11.1 Å². The van der Waals surface area contributed by atoms with Crippen molar-refractivity contribution in [2.24, 2.45) is 11.8 Å². The summed E-state index contributed by atoms with van der Waals surface area (Å²) in [7, 11) is 0. The summed E-state index contributed by atoms with van der Waals surface area (Å²) in [5.41, 5.74) is 4.76. The van der Waals surface area contributed by atoms with Crippen LogP contribution >= 0.6 is 0 Å². The van der Waals surface area contributed by atoms with E-state index in [1.807, 2.05) is 36.4 Å². The maximum absolute atomic E-state index is 12.6. The number of amides is 2. The van der Waals surface area contributed by atoms with Gasteiger partial charge in [-0.3, -0.25) is 14.9 Å². The van der Waals surface area contributed by atoms with E-state index in [1.165, 1.54) is 12.3 Å². The van der Waals surface area contributed by atoms with Gasteiger partial charge in [0.1, 0.15) is 6.61 Å². The second kappa shape index (κ2) is 9.66. The Balaban J connectivity index is 1.15. The predicted molar refractivity (Wildman–Crippen MR) is 128 cm³/mol. The molecule has 35 heavy (non-hydrogen) atoms. The standard InChI is InChI=1S/C27H26N2O6/c30-24(31)13-16-11-17(12-16)14-28-26(32)25-23(9-10-34-25)29-27(33)35-15-22-20-7-3-1-5-18(20)19-6-2-4-8-21(19)22/h1-10,16-17,22H,11-15H2,(H,28,32)(H,29,33)(H,30,31). The van der Waals surface area contributed by atoms with Crippen molar-refractivity contribution in [3.05, 3.63) is 77.7 Å². The number of hydrogen-bond donors (Lipinski definition) is 3. The summed E-state index contributed by atoms with van der Waals surface area (Å²) in [5.74, 6) is -0.879. The van der Waals surface area contributed by atoms with Crippen molar-refractivity contribution in [2.45, 2.75) is 25.2 Å². The number of aliphatic carboxylic acids is 1. The van der Waals surface area contributed by atoms with Gasteiger partial charge in [0.25, 0.3) is 5.91 Å². The number of furan rings is 1. The smallest absolute Gasteiger partial charge is 0.411 e. The molecule has 0 spiro atoms. The van der Waals surface area contributed by atoms with Crippen LogP contribution in [0.2, 0.25) is 0 Å². The molecule has 3 aromatic rings. The number of anilines is 1. The van der Waals surface area contributed by atoms with Crippen molar-refractivity contribution in [1.82, 2.24) is 5.32 Å². The Labute approximate surface area is 202 Å². The van der Waals surface area contributed by atoms with Crippen LogP contribution in [0.3, 0.4) is 0 Å². The summed E-state index contributed by atoms with van der Waals surface area (Å²) in [6.07, 6.45) is 2.38. The number of nitrogens with one attached hydrogen (secondary N) is 2. The second-order valence-corrected chi connectivity index (χ2v) is 9.13. The molecule has 2 amide bonds. The van der Waals surface area contributed by atoms with Gasteiger partial charge in [0.2, 0.25) is 5.76 Å². The number of hydrogen-bond acceptors (Lipinski definition) is 5. The van der Waals surface area contributed by atoms with E-state index in [1.54, 1.807) is 0 Å². The average Bonchev–Trinajstić information content (AvgIpc) is 3.41. The zero-order chi connectivity index (χ0) is 24.4. The largest absolute Gasteiger partial charge is 0.481 e. The molecule has 0 bridgehead atoms. The molecule has 2 aliphatic rings. The van der Waals surface area contributed by atoms with Crippen LogP contribution < -0.4 is 10.6 Å². The first-order valence-electron chi connectivity index (χ1n) is 11.7. The number of rotatable bonds is 8. The summed E-state index contributed by atoms with van der Waals surface area (Å²) in [4.78, 5) is 35.9. The fraction of sp³-hybridized carbons (Fsp3) is 0.296. The Morgan fingerprint density at radius 2 is 1.60 bits per heavy atom. The maximum atomic E-state index is 12.6. The zero-order valence-corrected chi connectivity index (χ0v) is 19.0. The lowest BCUT2D eigenvalue weighted by Crippen LogP contribution is -2.37. The monoisotopic (exact) mass is 474 g/mol. The summed E-state index contributed by atoms with van der Waals surface area (Å²) < 4.78 is 10.8. The van der Waals surface area contributed by atoms with E-state index in [4.69, 9.17) is 14.3 Å². The molecule has 1 saturated carbocycles. The number of fused-ring (bicyclic) bond motifs is 3. The van der Waals surface area contributed by atoms with E-state index < -0.39 is 18.0 Å². The van der Waals surface area contributed by atoms with Crippen LogP contribution in [0, 0.1) is 11.8 Å². The Bertz CT molecular complexity index is 1210. The fourth-order valence-corrected chi connectivity index (χ4v) is 5.10. The van der Waals surface area contributed by atoms with E-state index in [9.17, 15) is 14.4 Å². The molecule has 0 atom stereocenters. The molecule has 3 N–H and O–H groups in total. The molecular formula is C27H26N2O6. The molecule has 2 aromatic carbocycles. The Morgan fingerprint density at radius 1 is 0.943 bits per heavy atom. The molecule has 1 aromatic heterocycles. The first kappa shape index (κ1) is 22.7. The van der Waals surface area contributed by atoms with E-state index in [2.05, 4.69) is 22.8 Å². The van der Waals surface area contributed by atoms with Gasteiger partial charge < -0.3 is 19.6 Å². The van der Waals surface area contributed by atoms with Gasteiger partial charge in [-0.25, -0.2) is 4.79 Å². The third-order valence-electron chi connectivity index (χ3n) is 6.80. The van der Waals surface area contributed by atoms with E-state index in [0.29, 0.717) is 6.54 Å². The lowest BCUT2D eigenvalue weighted by molar-refractivity contribution is -0.139. The molecule has 0 saturated heterocycles. The minimum Gasteiger partial charge on any atom is -0.481 e. The number of benzene rings is 2. The van der Waals surface area contributed by atoms with Gasteiger partial charge in [-0.2, -0.15) is 0 Å². The lowest BCUT2D eigenvalue weighted by atomic mass is 9.73. The highest BCUT2D eigenvalue weighted by atomic mass is 16.5. The maximum Gasteiger partial charge on any atom is 0.411 e. The molecule has 2 aliphatic carbocycles. The molecule has 180 valence electrons. The highest BCUT2D eigenvalue weighted by Crippen LogP contribution is 2.44. The molecule has 8 heteroatoms. The van der Waals surface area contributed by atoms with E-state index in [0.717, 1.165) is 35.1 Å². The molecular weight excluding hydrogens is 448 g/mol. The van der Waals surface area contributed by atoms with Crippen LogP contribution in [0.5, 0.6) is 0 Å². The van der Waals surface area contributed by atoms with Gasteiger partial charge in [0.15, 0.2) is 0 Å². The highest BCUT2D eigenvalue weighted by molar-refractivity contribution is 6.00. The highest BCUT2D eigenvalue weighted by Gasteiger charge is 2.32. The van der Waals surface area contributed by atoms with Crippen molar-refractivity contribution in [3.8, 4) is 11.1 Å². The normalized spacial score (nSPS) is 18.2. The molecule has 5 rings (SSSR count). The fourth-order valence-electron chi connectivity index (χ4n) is 5.10. The number of carbonyl (C=O) groups excluding carboxylic acids is 2. The molecule has 0 unspecified atom stereocenters. The van der Waals surface area contributed by atoms with Crippen molar-refractivity contribution in [3.63, 3.8) is 0 Å². The molecule has 0 radical (unpaired) electrons. The van der Waals surface area contributed by atoms with Crippen molar-refractivity contribution in [2.75, 3.05) is 18.5 Å².